The van der Waals surface area contributed by atoms with Gasteiger partial charge in [-0.15, -0.1) is 0 Å². The quantitative estimate of drug-likeness (QED) is 0.861. The standard InChI is InChI=1S/C14H16BrFN4/c1-3-4-12-19-13(17-2)8-14(20-12)18-11-7-9(15)5-6-10(11)16/h5-8H,3-4H2,1-2H3,(H2,17,18,19,20). The third-order valence-corrected chi connectivity index (χ3v) is 3.19. The van der Waals surface area contributed by atoms with Gasteiger partial charge in [0.15, 0.2) is 0 Å². The largest absolute Gasteiger partial charge is 0.373 e. The van der Waals surface area contributed by atoms with E-state index in [9.17, 15) is 4.39 Å². The topological polar surface area (TPSA) is 49.8 Å². The number of nitrogens with zero attached hydrogens (tertiary/aromatic N) is 2. The van der Waals surface area contributed by atoms with Crippen LogP contribution in [0.25, 0.3) is 0 Å². The maximum Gasteiger partial charge on any atom is 0.146 e. The van der Waals surface area contributed by atoms with Crippen molar-refractivity contribution in [2.45, 2.75) is 19.8 Å². The summed E-state index contributed by atoms with van der Waals surface area (Å²) in [5.74, 6) is 1.69. The normalized spacial score (nSPS) is 10.4. The number of aromatic nitrogens is 2. The number of benzene rings is 1. The van der Waals surface area contributed by atoms with E-state index < -0.39 is 0 Å². The molecule has 0 aliphatic heterocycles. The predicted molar refractivity (Wildman–Crippen MR) is 83.0 cm³/mol. The number of anilines is 3. The molecule has 0 fully saturated rings. The Kier molecular flexibility index (Phi) is 4.89. The van der Waals surface area contributed by atoms with Crippen LogP contribution in [0.1, 0.15) is 19.2 Å². The van der Waals surface area contributed by atoms with E-state index in [0.717, 1.165) is 23.1 Å². The Morgan fingerprint density at radius 3 is 2.65 bits per heavy atom. The average Bonchev–Trinajstić information content (AvgIpc) is 2.43. The zero-order valence-corrected chi connectivity index (χ0v) is 13.0. The maximum atomic E-state index is 13.7. The summed E-state index contributed by atoms with van der Waals surface area (Å²) in [5.41, 5.74) is 0.377. The molecular weight excluding hydrogens is 323 g/mol. The van der Waals surface area contributed by atoms with Crippen molar-refractivity contribution in [2.24, 2.45) is 0 Å². The second-order valence-corrected chi connectivity index (χ2v) is 5.22. The second kappa shape index (κ2) is 6.65. The summed E-state index contributed by atoms with van der Waals surface area (Å²) in [6, 6.07) is 6.48. The molecule has 2 rings (SSSR count). The minimum absolute atomic E-state index is 0.324. The molecule has 0 bridgehead atoms. The van der Waals surface area contributed by atoms with Gasteiger partial charge in [0, 0.05) is 24.0 Å². The highest BCUT2D eigenvalue weighted by atomic mass is 79.9. The molecule has 0 atom stereocenters. The van der Waals surface area contributed by atoms with Crippen molar-refractivity contribution < 1.29 is 4.39 Å². The van der Waals surface area contributed by atoms with E-state index >= 15 is 0 Å². The van der Waals surface area contributed by atoms with Gasteiger partial charge in [0.2, 0.25) is 0 Å². The van der Waals surface area contributed by atoms with Crippen LogP contribution < -0.4 is 10.6 Å². The third kappa shape index (κ3) is 3.66. The van der Waals surface area contributed by atoms with E-state index in [1.165, 1.54) is 6.07 Å². The van der Waals surface area contributed by atoms with Gasteiger partial charge in [-0.05, 0) is 24.6 Å². The molecular formula is C14H16BrFN4. The van der Waals surface area contributed by atoms with Crippen molar-refractivity contribution >= 4 is 33.3 Å². The van der Waals surface area contributed by atoms with E-state index in [0.29, 0.717) is 17.3 Å². The number of halogens is 2. The van der Waals surface area contributed by atoms with Gasteiger partial charge in [-0.3, -0.25) is 0 Å². The minimum Gasteiger partial charge on any atom is -0.373 e. The van der Waals surface area contributed by atoms with Gasteiger partial charge < -0.3 is 10.6 Å². The molecule has 1 heterocycles. The minimum atomic E-state index is -0.324. The van der Waals surface area contributed by atoms with Crippen LogP contribution in [-0.4, -0.2) is 17.0 Å². The first-order valence-corrected chi connectivity index (χ1v) is 7.19. The fourth-order valence-corrected chi connectivity index (χ4v) is 2.12. The smallest absolute Gasteiger partial charge is 0.146 e. The summed E-state index contributed by atoms with van der Waals surface area (Å²) in [5, 5.41) is 5.97. The highest BCUT2D eigenvalue weighted by molar-refractivity contribution is 9.10. The lowest BCUT2D eigenvalue weighted by molar-refractivity contribution is 0.631. The molecule has 0 amide bonds. The number of hydrogen-bond acceptors (Lipinski definition) is 4. The van der Waals surface area contributed by atoms with Crippen LogP contribution in [0.2, 0.25) is 0 Å². The molecule has 0 saturated carbocycles. The van der Waals surface area contributed by atoms with E-state index in [1.54, 1.807) is 25.2 Å². The summed E-state index contributed by atoms with van der Waals surface area (Å²) in [6.07, 6.45) is 1.74. The first-order valence-electron chi connectivity index (χ1n) is 6.40. The molecule has 106 valence electrons. The highest BCUT2D eigenvalue weighted by Gasteiger charge is 2.07. The first kappa shape index (κ1) is 14.7. The summed E-state index contributed by atoms with van der Waals surface area (Å²) in [7, 11) is 1.79. The molecule has 20 heavy (non-hydrogen) atoms. The van der Waals surface area contributed by atoms with Gasteiger partial charge in [-0.2, -0.15) is 0 Å². The molecule has 6 heteroatoms. The van der Waals surface area contributed by atoms with Gasteiger partial charge in [0.1, 0.15) is 23.3 Å². The molecule has 2 aromatic rings. The highest BCUT2D eigenvalue weighted by Crippen LogP contribution is 2.24. The number of nitrogens with one attached hydrogen (secondary N) is 2. The van der Waals surface area contributed by atoms with Crippen LogP contribution in [0.5, 0.6) is 0 Å². The van der Waals surface area contributed by atoms with E-state index in [-0.39, 0.29) is 5.82 Å². The fraction of sp³-hybridized carbons (Fsp3) is 0.286. The van der Waals surface area contributed by atoms with Crippen LogP contribution in [0.3, 0.4) is 0 Å². The molecule has 0 saturated heterocycles. The molecule has 1 aromatic heterocycles. The zero-order valence-electron chi connectivity index (χ0n) is 11.4. The lowest BCUT2D eigenvalue weighted by Crippen LogP contribution is -2.04. The van der Waals surface area contributed by atoms with E-state index in [2.05, 4.69) is 43.5 Å². The van der Waals surface area contributed by atoms with Gasteiger partial charge in [0.25, 0.3) is 0 Å². The van der Waals surface area contributed by atoms with Gasteiger partial charge in [-0.1, -0.05) is 22.9 Å². The maximum absolute atomic E-state index is 13.7. The molecule has 0 aliphatic carbocycles. The number of aryl methyl sites for hydroxylation is 1. The Balaban J connectivity index is 2.32. The van der Waals surface area contributed by atoms with Crippen LogP contribution in [0, 0.1) is 5.82 Å². The van der Waals surface area contributed by atoms with Crippen molar-refractivity contribution in [3.05, 3.63) is 40.4 Å². The zero-order chi connectivity index (χ0) is 14.5. The predicted octanol–water partition coefficient (Wildman–Crippen LogP) is 4.12. The Morgan fingerprint density at radius 2 is 1.95 bits per heavy atom. The molecule has 2 N–H and O–H groups in total. The molecule has 4 nitrogen and oxygen atoms in total. The lowest BCUT2D eigenvalue weighted by atomic mass is 10.3. The van der Waals surface area contributed by atoms with Crippen molar-refractivity contribution in [2.75, 3.05) is 17.7 Å². The summed E-state index contributed by atoms with van der Waals surface area (Å²) >= 11 is 3.33. The molecule has 1 aromatic carbocycles. The fourth-order valence-electron chi connectivity index (χ4n) is 1.76. The van der Waals surface area contributed by atoms with Crippen LogP contribution in [-0.2, 0) is 6.42 Å². The third-order valence-electron chi connectivity index (χ3n) is 2.69. The summed E-state index contributed by atoms with van der Waals surface area (Å²) in [4.78, 5) is 8.75. The van der Waals surface area contributed by atoms with Gasteiger partial charge >= 0.3 is 0 Å². The Labute approximate surface area is 126 Å². The van der Waals surface area contributed by atoms with Crippen molar-refractivity contribution in [1.82, 2.24) is 9.97 Å². The monoisotopic (exact) mass is 338 g/mol. The van der Waals surface area contributed by atoms with Crippen molar-refractivity contribution in [1.29, 1.82) is 0 Å². The van der Waals surface area contributed by atoms with Crippen molar-refractivity contribution in [3.8, 4) is 0 Å². The number of rotatable bonds is 5. The lowest BCUT2D eigenvalue weighted by Gasteiger charge is -2.10. The number of hydrogen-bond donors (Lipinski definition) is 2. The van der Waals surface area contributed by atoms with Gasteiger partial charge in [-0.25, -0.2) is 14.4 Å². The Morgan fingerprint density at radius 1 is 1.20 bits per heavy atom. The van der Waals surface area contributed by atoms with Crippen LogP contribution >= 0.6 is 15.9 Å². The Hall–Kier alpha value is -1.69. The molecule has 0 unspecified atom stereocenters. The Bertz CT molecular complexity index is 604. The second-order valence-electron chi connectivity index (χ2n) is 4.30. The molecule has 0 radical (unpaired) electrons. The average molecular weight is 339 g/mol. The van der Waals surface area contributed by atoms with E-state index in [1.807, 2.05) is 0 Å². The van der Waals surface area contributed by atoms with Crippen molar-refractivity contribution in [3.63, 3.8) is 0 Å². The van der Waals surface area contributed by atoms with Crippen LogP contribution in [0.4, 0.5) is 21.7 Å². The SMILES string of the molecule is CCCc1nc(NC)cc(Nc2cc(Br)ccc2F)n1. The van der Waals surface area contributed by atoms with Gasteiger partial charge in [0.05, 0.1) is 5.69 Å². The first-order chi connectivity index (χ1) is 9.62. The molecule has 0 spiro atoms. The molecule has 0 aliphatic rings. The summed E-state index contributed by atoms with van der Waals surface area (Å²) in [6.45, 7) is 2.07. The van der Waals surface area contributed by atoms with E-state index in [4.69, 9.17) is 0 Å². The van der Waals surface area contributed by atoms with Crippen LogP contribution in [0.15, 0.2) is 28.7 Å². The summed E-state index contributed by atoms with van der Waals surface area (Å²) < 4.78 is 14.5.